The van der Waals surface area contributed by atoms with Gasteiger partial charge in [0.15, 0.2) is 0 Å². The van der Waals surface area contributed by atoms with Gasteiger partial charge >= 0.3 is 5.97 Å². The van der Waals surface area contributed by atoms with Gasteiger partial charge in [-0.2, -0.15) is 5.10 Å². The zero-order valence-corrected chi connectivity index (χ0v) is 11.1. The standard InChI is InChI=1S/C14H15N3O3/c1-20-8-12-11-5-6-15-13(11)17(16-12)10-4-2-3-9(7-10)14(18)19/h2-4,7,15H,5-6,8H2,1H3,(H,18,19). The van der Waals surface area contributed by atoms with Gasteiger partial charge in [-0.25, -0.2) is 9.48 Å². The molecule has 0 saturated carbocycles. The summed E-state index contributed by atoms with van der Waals surface area (Å²) in [6.45, 7) is 1.32. The predicted molar refractivity (Wildman–Crippen MR) is 73.4 cm³/mol. The van der Waals surface area contributed by atoms with E-state index in [-0.39, 0.29) is 5.56 Å². The molecule has 1 aliphatic heterocycles. The summed E-state index contributed by atoms with van der Waals surface area (Å²) in [7, 11) is 1.64. The monoisotopic (exact) mass is 273 g/mol. The molecule has 6 heteroatoms. The van der Waals surface area contributed by atoms with Crippen LogP contribution in [-0.2, 0) is 17.8 Å². The number of hydrogen-bond donors (Lipinski definition) is 2. The highest BCUT2D eigenvalue weighted by Gasteiger charge is 2.23. The first kappa shape index (κ1) is 12.7. The van der Waals surface area contributed by atoms with Crippen molar-refractivity contribution in [1.29, 1.82) is 0 Å². The van der Waals surface area contributed by atoms with Crippen molar-refractivity contribution in [3.05, 3.63) is 41.1 Å². The minimum atomic E-state index is -0.944. The molecule has 2 N–H and O–H groups in total. The zero-order valence-electron chi connectivity index (χ0n) is 11.1. The number of carbonyl (C=O) groups is 1. The summed E-state index contributed by atoms with van der Waals surface area (Å²) < 4.78 is 6.92. The molecule has 1 aliphatic rings. The van der Waals surface area contributed by atoms with Crippen molar-refractivity contribution in [2.75, 3.05) is 19.0 Å². The van der Waals surface area contributed by atoms with E-state index >= 15 is 0 Å². The summed E-state index contributed by atoms with van der Waals surface area (Å²) in [5.74, 6) is -0.0136. The summed E-state index contributed by atoms with van der Waals surface area (Å²) in [5, 5.41) is 16.9. The van der Waals surface area contributed by atoms with Crippen molar-refractivity contribution >= 4 is 11.8 Å². The van der Waals surface area contributed by atoms with Crippen LogP contribution < -0.4 is 5.32 Å². The number of fused-ring (bicyclic) bond motifs is 1. The normalized spacial score (nSPS) is 13.1. The number of anilines is 1. The van der Waals surface area contributed by atoms with Crippen LogP contribution in [0.4, 0.5) is 5.82 Å². The largest absolute Gasteiger partial charge is 0.478 e. The van der Waals surface area contributed by atoms with Crippen LogP contribution in [0.15, 0.2) is 24.3 Å². The molecule has 0 spiro atoms. The number of carboxylic acid groups (broad SMARTS) is 1. The number of aromatic carboxylic acids is 1. The van der Waals surface area contributed by atoms with Crippen molar-refractivity contribution in [2.24, 2.45) is 0 Å². The fraction of sp³-hybridized carbons (Fsp3) is 0.286. The second kappa shape index (κ2) is 4.97. The third-order valence-corrected chi connectivity index (χ3v) is 3.35. The Morgan fingerprint density at radius 3 is 3.15 bits per heavy atom. The maximum atomic E-state index is 11.1. The summed E-state index contributed by atoms with van der Waals surface area (Å²) in [6.07, 6.45) is 0.909. The van der Waals surface area contributed by atoms with Gasteiger partial charge in [0.25, 0.3) is 0 Å². The number of benzene rings is 1. The molecule has 0 bridgehead atoms. The van der Waals surface area contributed by atoms with E-state index in [0.29, 0.717) is 6.61 Å². The maximum Gasteiger partial charge on any atom is 0.335 e. The summed E-state index contributed by atoms with van der Waals surface area (Å²) in [5.41, 5.74) is 3.02. The molecule has 1 aromatic carbocycles. The third-order valence-electron chi connectivity index (χ3n) is 3.35. The number of hydrogen-bond acceptors (Lipinski definition) is 4. The molecule has 20 heavy (non-hydrogen) atoms. The molecule has 2 aromatic rings. The molecule has 0 fully saturated rings. The molecule has 0 atom stereocenters. The lowest BCUT2D eigenvalue weighted by molar-refractivity contribution is 0.0697. The Balaban J connectivity index is 2.08. The van der Waals surface area contributed by atoms with E-state index in [4.69, 9.17) is 9.84 Å². The first-order chi connectivity index (χ1) is 9.70. The number of carboxylic acids is 1. The number of nitrogens with one attached hydrogen (secondary N) is 1. The highest BCUT2D eigenvalue weighted by atomic mass is 16.5. The Morgan fingerprint density at radius 2 is 2.40 bits per heavy atom. The Hall–Kier alpha value is -2.34. The number of nitrogens with zero attached hydrogens (tertiary/aromatic N) is 2. The lowest BCUT2D eigenvalue weighted by Gasteiger charge is -2.07. The van der Waals surface area contributed by atoms with Crippen LogP contribution in [0.3, 0.4) is 0 Å². The van der Waals surface area contributed by atoms with Crippen molar-refractivity contribution in [3.63, 3.8) is 0 Å². The van der Waals surface area contributed by atoms with Gasteiger partial charge in [-0.3, -0.25) is 0 Å². The quantitative estimate of drug-likeness (QED) is 0.886. The maximum absolute atomic E-state index is 11.1. The van der Waals surface area contributed by atoms with Crippen LogP contribution in [0, 0.1) is 0 Å². The summed E-state index contributed by atoms with van der Waals surface area (Å²) >= 11 is 0. The fourth-order valence-electron chi connectivity index (χ4n) is 2.46. The van der Waals surface area contributed by atoms with E-state index in [1.165, 1.54) is 0 Å². The molecule has 104 valence electrons. The van der Waals surface area contributed by atoms with Crippen molar-refractivity contribution in [3.8, 4) is 5.69 Å². The van der Waals surface area contributed by atoms with Gasteiger partial charge in [-0.05, 0) is 24.6 Å². The minimum absolute atomic E-state index is 0.248. The predicted octanol–water partition coefficient (Wildman–Crippen LogP) is 1.68. The summed E-state index contributed by atoms with van der Waals surface area (Å²) in [4.78, 5) is 11.1. The van der Waals surface area contributed by atoms with E-state index in [9.17, 15) is 4.79 Å². The van der Waals surface area contributed by atoms with Crippen molar-refractivity contribution < 1.29 is 14.6 Å². The molecule has 2 heterocycles. The molecule has 1 aromatic heterocycles. The van der Waals surface area contributed by atoms with E-state index in [0.717, 1.165) is 35.7 Å². The number of rotatable bonds is 4. The Labute approximate surface area is 116 Å². The molecular weight excluding hydrogens is 258 g/mol. The lowest BCUT2D eigenvalue weighted by atomic mass is 10.2. The molecule has 6 nitrogen and oxygen atoms in total. The second-order valence-corrected chi connectivity index (χ2v) is 4.65. The van der Waals surface area contributed by atoms with Crippen molar-refractivity contribution in [2.45, 2.75) is 13.0 Å². The van der Waals surface area contributed by atoms with Crippen LogP contribution in [-0.4, -0.2) is 34.5 Å². The van der Waals surface area contributed by atoms with E-state index in [2.05, 4.69) is 10.4 Å². The Bertz CT molecular complexity index is 664. The van der Waals surface area contributed by atoms with Gasteiger partial charge < -0.3 is 15.2 Å². The first-order valence-electron chi connectivity index (χ1n) is 6.38. The van der Waals surface area contributed by atoms with Crippen molar-refractivity contribution in [1.82, 2.24) is 9.78 Å². The molecule has 0 amide bonds. The van der Waals surface area contributed by atoms with Gasteiger partial charge in [-0.15, -0.1) is 0 Å². The number of ether oxygens (including phenoxy) is 1. The molecule has 3 rings (SSSR count). The lowest BCUT2D eigenvalue weighted by Crippen LogP contribution is -2.06. The molecular formula is C14H15N3O3. The Morgan fingerprint density at radius 1 is 1.55 bits per heavy atom. The first-order valence-corrected chi connectivity index (χ1v) is 6.38. The van der Waals surface area contributed by atoms with Gasteiger partial charge in [0.05, 0.1) is 23.6 Å². The highest BCUT2D eigenvalue weighted by molar-refractivity contribution is 5.88. The van der Waals surface area contributed by atoms with Crippen LogP contribution in [0.2, 0.25) is 0 Å². The average Bonchev–Trinajstić information content (AvgIpc) is 3.03. The smallest absolute Gasteiger partial charge is 0.335 e. The molecule has 0 radical (unpaired) electrons. The topological polar surface area (TPSA) is 76.4 Å². The second-order valence-electron chi connectivity index (χ2n) is 4.65. The molecule has 0 unspecified atom stereocenters. The van der Waals surface area contributed by atoms with E-state index in [1.807, 2.05) is 6.07 Å². The van der Waals surface area contributed by atoms with Gasteiger partial charge in [0.1, 0.15) is 5.82 Å². The van der Waals surface area contributed by atoms with Crippen LogP contribution in [0.25, 0.3) is 5.69 Å². The van der Waals surface area contributed by atoms with Crippen LogP contribution >= 0.6 is 0 Å². The molecule has 0 aliphatic carbocycles. The SMILES string of the molecule is COCc1nn(-c2cccc(C(=O)O)c2)c2c1CCN2. The van der Waals surface area contributed by atoms with Crippen LogP contribution in [0.5, 0.6) is 0 Å². The van der Waals surface area contributed by atoms with E-state index in [1.54, 1.807) is 30.0 Å². The number of aromatic nitrogens is 2. The third kappa shape index (κ3) is 2.04. The van der Waals surface area contributed by atoms with E-state index < -0.39 is 5.97 Å². The fourth-order valence-corrected chi connectivity index (χ4v) is 2.46. The van der Waals surface area contributed by atoms with Gasteiger partial charge in [0.2, 0.25) is 0 Å². The van der Waals surface area contributed by atoms with Gasteiger partial charge in [0, 0.05) is 19.2 Å². The molecule has 0 saturated heterocycles. The summed E-state index contributed by atoms with van der Waals surface area (Å²) in [6, 6.07) is 6.75. The van der Waals surface area contributed by atoms with Crippen LogP contribution in [0.1, 0.15) is 21.6 Å². The number of methoxy groups -OCH3 is 1. The minimum Gasteiger partial charge on any atom is -0.478 e. The highest BCUT2D eigenvalue weighted by Crippen LogP contribution is 2.29. The Kier molecular flexibility index (Phi) is 3.15. The zero-order chi connectivity index (χ0) is 14.1. The van der Waals surface area contributed by atoms with Gasteiger partial charge in [-0.1, -0.05) is 6.07 Å². The average molecular weight is 273 g/mol.